The number of nitrogens with zero attached hydrogens (tertiary/aromatic N) is 4. The minimum Gasteiger partial charge on any atom is -0.478 e. The Bertz CT molecular complexity index is 820. The van der Waals surface area contributed by atoms with E-state index in [0.717, 1.165) is 32.6 Å². The van der Waals surface area contributed by atoms with Gasteiger partial charge >= 0.3 is 5.97 Å². The van der Waals surface area contributed by atoms with Gasteiger partial charge in [0.25, 0.3) is 0 Å². The lowest BCUT2D eigenvalue weighted by Gasteiger charge is -2.37. The van der Waals surface area contributed by atoms with E-state index in [1.807, 2.05) is 0 Å². The fourth-order valence-corrected chi connectivity index (χ4v) is 4.26. The first-order valence-electron chi connectivity index (χ1n) is 9.64. The third-order valence-electron chi connectivity index (χ3n) is 5.91. The van der Waals surface area contributed by atoms with E-state index in [1.165, 1.54) is 37.9 Å². The summed E-state index contributed by atoms with van der Waals surface area (Å²) in [5, 5.41) is 12.7. The summed E-state index contributed by atoms with van der Waals surface area (Å²) < 4.78 is 0. The summed E-state index contributed by atoms with van der Waals surface area (Å²) in [6, 6.07) is 4.83. The predicted octanol–water partition coefficient (Wildman–Crippen LogP) is 2.60. The molecule has 2 aromatic rings. The van der Waals surface area contributed by atoms with Crippen LogP contribution in [0.3, 0.4) is 0 Å². The van der Waals surface area contributed by atoms with Crippen LogP contribution >= 0.6 is 0 Å². The number of hydrogen-bond acceptors (Lipinski definition) is 6. The highest BCUT2D eigenvalue weighted by Gasteiger charge is 2.34. The summed E-state index contributed by atoms with van der Waals surface area (Å²) in [7, 11) is 0. The van der Waals surface area contributed by atoms with E-state index in [1.54, 1.807) is 18.3 Å². The van der Waals surface area contributed by atoms with Crippen molar-refractivity contribution in [3.8, 4) is 11.4 Å². The minimum atomic E-state index is -0.965. The van der Waals surface area contributed by atoms with Crippen molar-refractivity contribution in [2.45, 2.75) is 32.1 Å². The molecule has 2 saturated heterocycles. The second-order valence-corrected chi connectivity index (χ2v) is 7.57. The number of piperidine rings is 1. The Hall–Kier alpha value is -2.54. The van der Waals surface area contributed by atoms with Gasteiger partial charge in [-0.05, 0) is 68.8 Å². The zero-order valence-electron chi connectivity index (χ0n) is 15.4. The molecule has 0 saturated carbocycles. The van der Waals surface area contributed by atoms with E-state index in [4.69, 9.17) is 0 Å². The van der Waals surface area contributed by atoms with Crippen LogP contribution in [0.1, 0.15) is 42.5 Å². The number of nitrogens with one attached hydrogen (secondary N) is 1. The van der Waals surface area contributed by atoms with E-state index < -0.39 is 5.97 Å². The highest BCUT2D eigenvalue weighted by molar-refractivity contribution is 5.88. The lowest BCUT2D eigenvalue weighted by atomic mass is 9.73. The monoisotopic (exact) mass is 367 g/mol. The number of aromatic carboxylic acids is 1. The van der Waals surface area contributed by atoms with E-state index in [-0.39, 0.29) is 5.56 Å². The van der Waals surface area contributed by atoms with Crippen LogP contribution in [0.4, 0.5) is 5.95 Å². The van der Waals surface area contributed by atoms with Crippen molar-refractivity contribution < 1.29 is 9.90 Å². The van der Waals surface area contributed by atoms with Gasteiger partial charge in [0.1, 0.15) is 0 Å². The Morgan fingerprint density at radius 1 is 1.04 bits per heavy atom. The number of anilines is 1. The first-order chi connectivity index (χ1) is 13.2. The molecule has 7 nitrogen and oxygen atoms in total. The van der Waals surface area contributed by atoms with Crippen LogP contribution in [0.25, 0.3) is 11.4 Å². The average molecular weight is 367 g/mol. The topological polar surface area (TPSA) is 91.2 Å². The van der Waals surface area contributed by atoms with Crippen LogP contribution in [-0.4, -0.2) is 52.2 Å². The highest BCUT2D eigenvalue weighted by atomic mass is 16.4. The standard InChI is InChI=1S/C20H25N5O2/c26-18(27)15-2-8-22-17(14-15)16-3-9-23-19(24-16)25-12-1-4-20(7-13-25)5-10-21-11-6-20/h2-3,8-9,14,21H,1,4-7,10-13H2,(H,26,27). The quantitative estimate of drug-likeness (QED) is 0.861. The molecule has 1 spiro atoms. The molecule has 2 aliphatic rings. The van der Waals surface area contributed by atoms with Gasteiger partial charge in [0.2, 0.25) is 5.95 Å². The van der Waals surface area contributed by atoms with Gasteiger partial charge in [-0.3, -0.25) is 4.98 Å². The molecule has 0 radical (unpaired) electrons. The molecule has 2 N–H and O–H groups in total. The SMILES string of the molecule is O=C(O)c1ccnc(-c2ccnc(N3CCCC4(CCNCC4)CC3)n2)c1. The maximum Gasteiger partial charge on any atom is 0.335 e. The summed E-state index contributed by atoms with van der Waals surface area (Å²) in [6.07, 6.45) is 9.36. The largest absolute Gasteiger partial charge is 0.478 e. The van der Waals surface area contributed by atoms with E-state index in [2.05, 4.69) is 25.2 Å². The van der Waals surface area contributed by atoms with Gasteiger partial charge in [0.05, 0.1) is 17.0 Å². The van der Waals surface area contributed by atoms with Crippen molar-refractivity contribution in [2.75, 3.05) is 31.1 Å². The lowest BCUT2D eigenvalue weighted by Crippen LogP contribution is -2.37. The van der Waals surface area contributed by atoms with Crippen molar-refractivity contribution in [1.29, 1.82) is 0 Å². The normalized spacial score (nSPS) is 19.6. The van der Waals surface area contributed by atoms with Crippen molar-refractivity contribution in [3.05, 3.63) is 36.2 Å². The molecule has 142 valence electrons. The van der Waals surface area contributed by atoms with Crippen molar-refractivity contribution in [2.24, 2.45) is 5.41 Å². The number of carboxylic acids is 1. The number of aromatic nitrogens is 3. The van der Waals surface area contributed by atoms with Crippen LogP contribution in [0, 0.1) is 5.41 Å². The molecule has 4 heterocycles. The highest BCUT2D eigenvalue weighted by Crippen LogP contribution is 2.39. The summed E-state index contributed by atoms with van der Waals surface area (Å²) in [4.78, 5) is 26.9. The number of hydrogen-bond donors (Lipinski definition) is 2. The molecule has 27 heavy (non-hydrogen) atoms. The molecular weight excluding hydrogens is 342 g/mol. The van der Waals surface area contributed by atoms with Gasteiger partial charge in [0.15, 0.2) is 0 Å². The fourth-order valence-electron chi connectivity index (χ4n) is 4.26. The van der Waals surface area contributed by atoms with Crippen molar-refractivity contribution in [1.82, 2.24) is 20.3 Å². The molecule has 0 aliphatic carbocycles. The predicted molar refractivity (Wildman–Crippen MR) is 103 cm³/mol. The molecule has 0 aromatic carbocycles. The van der Waals surface area contributed by atoms with Crippen LogP contribution in [-0.2, 0) is 0 Å². The minimum absolute atomic E-state index is 0.211. The summed E-state index contributed by atoms with van der Waals surface area (Å²) in [5.74, 6) is -0.256. The lowest BCUT2D eigenvalue weighted by molar-refractivity contribution is 0.0697. The van der Waals surface area contributed by atoms with E-state index in [9.17, 15) is 9.90 Å². The summed E-state index contributed by atoms with van der Waals surface area (Å²) in [5.41, 5.74) is 1.89. The maximum absolute atomic E-state index is 11.2. The number of pyridine rings is 1. The van der Waals surface area contributed by atoms with Gasteiger partial charge in [-0.25, -0.2) is 14.8 Å². The smallest absolute Gasteiger partial charge is 0.335 e. The average Bonchev–Trinajstić information content (AvgIpc) is 2.91. The molecule has 2 aliphatic heterocycles. The Balaban J connectivity index is 1.54. The van der Waals surface area contributed by atoms with Crippen molar-refractivity contribution in [3.63, 3.8) is 0 Å². The second-order valence-electron chi connectivity index (χ2n) is 7.57. The van der Waals surface area contributed by atoms with Gasteiger partial charge in [0, 0.05) is 25.5 Å². The Kier molecular flexibility index (Phi) is 5.03. The number of carbonyl (C=O) groups is 1. The van der Waals surface area contributed by atoms with E-state index >= 15 is 0 Å². The number of rotatable bonds is 3. The molecule has 2 fully saturated rings. The molecule has 2 aromatic heterocycles. The Labute approximate surface area is 158 Å². The second kappa shape index (κ2) is 7.60. The van der Waals surface area contributed by atoms with Crippen LogP contribution in [0.5, 0.6) is 0 Å². The molecule has 0 amide bonds. The summed E-state index contributed by atoms with van der Waals surface area (Å²) in [6.45, 7) is 4.17. The van der Waals surface area contributed by atoms with Crippen LogP contribution < -0.4 is 10.2 Å². The zero-order chi connectivity index (χ0) is 18.7. The number of carboxylic acid groups (broad SMARTS) is 1. The summed E-state index contributed by atoms with van der Waals surface area (Å²) >= 11 is 0. The third-order valence-corrected chi connectivity index (χ3v) is 5.91. The first-order valence-corrected chi connectivity index (χ1v) is 9.64. The molecular formula is C20H25N5O2. The molecule has 7 heteroatoms. The Morgan fingerprint density at radius 2 is 1.85 bits per heavy atom. The molecule has 0 unspecified atom stereocenters. The maximum atomic E-state index is 11.2. The van der Waals surface area contributed by atoms with Gasteiger partial charge < -0.3 is 15.3 Å². The van der Waals surface area contributed by atoms with Crippen LogP contribution in [0.2, 0.25) is 0 Å². The Morgan fingerprint density at radius 3 is 2.67 bits per heavy atom. The van der Waals surface area contributed by atoms with E-state index in [0.29, 0.717) is 22.8 Å². The third kappa shape index (κ3) is 3.93. The van der Waals surface area contributed by atoms with Gasteiger partial charge in [-0.2, -0.15) is 0 Å². The molecule has 0 bridgehead atoms. The fraction of sp³-hybridized carbons (Fsp3) is 0.500. The first kappa shape index (κ1) is 17.9. The van der Waals surface area contributed by atoms with Crippen LogP contribution in [0.15, 0.2) is 30.6 Å². The zero-order valence-corrected chi connectivity index (χ0v) is 15.4. The van der Waals surface area contributed by atoms with Gasteiger partial charge in [-0.15, -0.1) is 0 Å². The molecule has 0 atom stereocenters. The molecule has 4 rings (SSSR count). The van der Waals surface area contributed by atoms with Crippen molar-refractivity contribution >= 4 is 11.9 Å². The van der Waals surface area contributed by atoms with Gasteiger partial charge in [-0.1, -0.05) is 0 Å².